The summed E-state index contributed by atoms with van der Waals surface area (Å²) >= 11 is 0. The molecule has 0 fully saturated rings. The van der Waals surface area contributed by atoms with E-state index >= 15 is 0 Å². The van der Waals surface area contributed by atoms with Gasteiger partial charge in [-0.25, -0.2) is 13.6 Å². The smallest absolute Gasteiger partial charge is 0.337 e. The molecule has 1 aromatic heterocycles. The van der Waals surface area contributed by atoms with Gasteiger partial charge in [-0.15, -0.1) is 0 Å². The van der Waals surface area contributed by atoms with E-state index in [9.17, 15) is 13.6 Å². The Morgan fingerprint density at radius 3 is 2.65 bits per heavy atom. The van der Waals surface area contributed by atoms with Gasteiger partial charge in [0.25, 0.3) is 0 Å². The number of carbonyl (C=O) groups is 1. The van der Waals surface area contributed by atoms with Crippen molar-refractivity contribution in [2.24, 2.45) is 0 Å². The number of pyridine rings is 1. The second-order valence-corrected chi connectivity index (χ2v) is 3.33. The first-order valence-corrected chi connectivity index (χ1v) is 4.73. The van der Waals surface area contributed by atoms with E-state index in [1.807, 2.05) is 0 Å². The molecule has 3 nitrogen and oxygen atoms in total. The van der Waals surface area contributed by atoms with Gasteiger partial charge in [0.05, 0.1) is 5.56 Å². The molecule has 0 atom stereocenters. The fourth-order valence-electron chi connectivity index (χ4n) is 1.51. The molecule has 2 rings (SSSR count). The van der Waals surface area contributed by atoms with Gasteiger partial charge in [0.2, 0.25) is 0 Å². The summed E-state index contributed by atoms with van der Waals surface area (Å²) in [5, 5.41) is 8.93. The topological polar surface area (TPSA) is 50.2 Å². The minimum absolute atomic E-state index is 0.0928. The minimum atomic E-state index is -1.24. The van der Waals surface area contributed by atoms with E-state index in [-0.39, 0.29) is 16.7 Å². The van der Waals surface area contributed by atoms with Crippen molar-refractivity contribution in [3.63, 3.8) is 0 Å². The predicted molar refractivity (Wildman–Crippen MR) is 56.5 cm³/mol. The summed E-state index contributed by atoms with van der Waals surface area (Å²) in [5.74, 6) is -3.33. The highest BCUT2D eigenvalue weighted by molar-refractivity contribution is 5.95. The molecule has 0 spiro atoms. The second kappa shape index (κ2) is 4.29. The van der Waals surface area contributed by atoms with Crippen LogP contribution in [0.15, 0.2) is 36.7 Å². The van der Waals surface area contributed by atoms with E-state index < -0.39 is 17.6 Å². The normalized spacial score (nSPS) is 10.2. The molecule has 0 radical (unpaired) electrons. The number of carboxylic acids is 1. The Hall–Kier alpha value is -2.30. The lowest BCUT2D eigenvalue weighted by Crippen LogP contribution is -2.01. The highest BCUT2D eigenvalue weighted by atomic mass is 19.2. The lowest BCUT2D eigenvalue weighted by molar-refractivity contribution is 0.0697. The van der Waals surface area contributed by atoms with E-state index in [1.165, 1.54) is 24.4 Å². The number of aromatic nitrogens is 1. The maximum absolute atomic E-state index is 13.5. The van der Waals surface area contributed by atoms with Crippen LogP contribution in [0.25, 0.3) is 11.1 Å². The van der Waals surface area contributed by atoms with E-state index in [1.54, 1.807) is 0 Å². The van der Waals surface area contributed by atoms with E-state index in [2.05, 4.69) is 4.98 Å². The van der Waals surface area contributed by atoms with Crippen molar-refractivity contribution in [1.82, 2.24) is 4.98 Å². The Kier molecular flexibility index (Phi) is 2.82. The lowest BCUT2D eigenvalue weighted by Gasteiger charge is -2.06. The van der Waals surface area contributed by atoms with Crippen molar-refractivity contribution in [1.29, 1.82) is 0 Å². The van der Waals surface area contributed by atoms with Crippen LogP contribution in [0.1, 0.15) is 10.4 Å². The molecule has 0 aliphatic heterocycles. The first kappa shape index (κ1) is 11.2. The molecule has 0 saturated heterocycles. The molecular weight excluding hydrogens is 228 g/mol. The summed E-state index contributed by atoms with van der Waals surface area (Å²) in [6, 6.07) is 4.95. The van der Waals surface area contributed by atoms with Crippen molar-refractivity contribution in [2.45, 2.75) is 0 Å². The zero-order valence-electron chi connectivity index (χ0n) is 8.52. The number of halogens is 2. The van der Waals surface area contributed by atoms with Crippen LogP contribution >= 0.6 is 0 Å². The molecule has 0 aliphatic rings. The summed E-state index contributed by atoms with van der Waals surface area (Å²) < 4.78 is 26.6. The molecule has 0 bridgehead atoms. The number of benzene rings is 1. The number of hydrogen-bond donors (Lipinski definition) is 1. The number of hydrogen-bond acceptors (Lipinski definition) is 2. The van der Waals surface area contributed by atoms with E-state index in [0.29, 0.717) is 0 Å². The summed E-state index contributed by atoms with van der Waals surface area (Å²) in [6.07, 6.45) is 2.42. The Balaban J connectivity index is 2.69. The molecule has 1 aromatic carbocycles. The van der Waals surface area contributed by atoms with Crippen LogP contribution in [-0.2, 0) is 0 Å². The molecular formula is C12H7F2NO2. The average molecular weight is 235 g/mol. The Labute approximate surface area is 95.4 Å². The Morgan fingerprint density at radius 2 is 1.94 bits per heavy atom. The third-order valence-electron chi connectivity index (χ3n) is 2.29. The lowest BCUT2D eigenvalue weighted by atomic mass is 10.0. The minimum Gasteiger partial charge on any atom is -0.478 e. The van der Waals surface area contributed by atoms with Crippen LogP contribution in [0.2, 0.25) is 0 Å². The van der Waals surface area contributed by atoms with Gasteiger partial charge in [-0.1, -0.05) is 12.1 Å². The van der Waals surface area contributed by atoms with Crippen molar-refractivity contribution in [3.05, 3.63) is 53.9 Å². The quantitative estimate of drug-likeness (QED) is 0.870. The number of rotatable bonds is 2. The summed E-state index contributed by atoms with van der Waals surface area (Å²) in [4.78, 5) is 14.6. The summed E-state index contributed by atoms with van der Waals surface area (Å²) in [6.45, 7) is 0. The predicted octanol–water partition coefficient (Wildman–Crippen LogP) is 2.73. The van der Waals surface area contributed by atoms with Crippen LogP contribution < -0.4 is 0 Å². The molecule has 0 amide bonds. The molecule has 1 N–H and O–H groups in total. The average Bonchev–Trinajstić information content (AvgIpc) is 2.33. The number of aromatic carboxylic acids is 1. The third kappa shape index (κ3) is 1.99. The third-order valence-corrected chi connectivity index (χ3v) is 2.29. The van der Waals surface area contributed by atoms with Crippen molar-refractivity contribution < 1.29 is 18.7 Å². The Bertz CT molecular complexity index is 584. The monoisotopic (exact) mass is 235 g/mol. The van der Waals surface area contributed by atoms with Crippen LogP contribution in [-0.4, -0.2) is 16.1 Å². The number of carboxylic acid groups (broad SMARTS) is 1. The molecule has 0 saturated carbocycles. The molecule has 0 unspecified atom stereocenters. The van der Waals surface area contributed by atoms with Gasteiger partial charge in [-0.05, 0) is 12.1 Å². The van der Waals surface area contributed by atoms with Gasteiger partial charge >= 0.3 is 5.97 Å². The highest BCUT2D eigenvalue weighted by Gasteiger charge is 2.16. The second-order valence-electron chi connectivity index (χ2n) is 3.33. The van der Waals surface area contributed by atoms with E-state index in [0.717, 1.165) is 12.3 Å². The molecule has 1 heterocycles. The fourth-order valence-corrected chi connectivity index (χ4v) is 1.51. The van der Waals surface area contributed by atoms with Crippen LogP contribution in [0.4, 0.5) is 8.78 Å². The summed E-state index contributed by atoms with van der Waals surface area (Å²) in [7, 11) is 0. The van der Waals surface area contributed by atoms with Crippen molar-refractivity contribution >= 4 is 5.97 Å². The van der Waals surface area contributed by atoms with Gasteiger partial charge in [0.15, 0.2) is 11.6 Å². The van der Waals surface area contributed by atoms with Gasteiger partial charge < -0.3 is 5.11 Å². The van der Waals surface area contributed by atoms with E-state index in [4.69, 9.17) is 5.11 Å². The molecule has 2 aromatic rings. The highest BCUT2D eigenvalue weighted by Crippen LogP contribution is 2.26. The number of nitrogens with zero attached hydrogens (tertiary/aromatic N) is 1. The maximum Gasteiger partial charge on any atom is 0.337 e. The van der Waals surface area contributed by atoms with Crippen LogP contribution in [0.5, 0.6) is 0 Å². The Morgan fingerprint density at radius 1 is 1.18 bits per heavy atom. The largest absolute Gasteiger partial charge is 0.478 e. The first-order chi connectivity index (χ1) is 8.11. The zero-order chi connectivity index (χ0) is 12.4. The summed E-state index contributed by atoms with van der Waals surface area (Å²) in [5.41, 5.74) is -0.161. The fraction of sp³-hybridized carbons (Fsp3) is 0. The van der Waals surface area contributed by atoms with Gasteiger partial charge in [0, 0.05) is 23.5 Å². The van der Waals surface area contributed by atoms with Gasteiger partial charge in [-0.3, -0.25) is 4.98 Å². The zero-order valence-corrected chi connectivity index (χ0v) is 8.52. The maximum atomic E-state index is 13.5. The molecule has 5 heteroatoms. The first-order valence-electron chi connectivity index (χ1n) is 4.73. The van der Waals surface area contributed by atoms with Crippen LogP contribution in [0, 0.1) is 11.6 Å². The van der Waals surface area contributed by atoms with Crippen LogP contribution in [0.3, 0.4) is 0 Å². The molecule has 86 valence electrons. The van der Waals surface area contributed by atoms with Gasteiger partial charge in [-0.2, -0.15) is 0 Å². The van der Waals surface area contributed by atoms with Crippen molar-refractivity contribution in [3.8, 4) is 11.1 Å². The van der Waals surface area contributed by atoms with Crippen molar-refractivity contribution in [2.75, 3.05) is 0 Å². The van der Waals surface area contributed by atoms with Gasteiger partial charge in [0.1, 0.15) is 0 Å². The molecule has 17 heavy (non-hydrogen) atoms. The SMILES string of the molecule is O=C(O)c1cnccc1-c1cccc(F)c1F. The standard InChI is InChI=1S/C12H7F2NO2/c13-10-3-1-2-8(11(10)14)7-4-5-15-6-9(7)12(16)17/h1-6H,(H,16,17). The molecule has 0 aliphatic carbocycles.